The van der Waals surface area contributed by atoms with Gasteiger partial charge in [-0.25, -0.2) is 0 Å². The first kappa shape index (κ1) is 11.3. The van der Waals surface area contributed by atoms with Crippen LogP contribution in [-0.4, -0.2) is 35.5 Å². The maximum Gasteiger partial charge on any atom is 0.225 e. The van der Waals surface area contributed by atoms with Crippen LogP contribution in [0.3, 0.4) is 0 Å². The summed E-state index contributed by atoms with van der Waals surface area (Å²) in [7, 11) is 0. The average Bonchev–Trinajstić information content (AvgIpc) is 2.30. The summed E-state index contributed by atoms with van der Waals surface area (Å²) < 4.78 is 0. The molecule has 16 heavy (non-hydrogen) atoms. The Hall–Kier alpha value is -1.19. The average molecular weight is 223 g/mol. The first-order chi connectivity index (χ1) is 7.66. The van der Waals surface area contributed by atoms with Crippen molar-refractivity contribution in [3.8, 4) is 0 Å². The summed E-state index contributed by atoms with van der Waals surface area (Å²) in [4.78, 5) is 36.0. The number of amides is 1. The van der Waals surface area contributed by atoms with Crippen LogP contribution in [0.15, 0.2) is 0 Å². The number of nitrogens with zero attached hydrogens (tertiary/aromatic N) is 1. The smallest absolute Gasteiger partial charge is 0.225 e. The Morgan fingerprint density at radius 1 is 0.938 bits per heavy atom. The van der Waals surface area contributed by atoms with Gasteiger partial charge in [0.1, 0.15) is 11.6 Å². The molecular weight excluding hydrogens is 206 g/mol. The molecule has 1 heterocycles. The third-order valence-corrected chi connectivity index (χ3v) is 3.53. The van der Waals surface area contributed by atoms with Crippen LogP contribution in [0.25, 0.3) is 0 Å². The minimum absolute atomic E-state index is 0.0194. The molecule has 1 saturated carbocycles. The Balaban J connectivity index is 1.87. The van der Waals surface area contributed by atoms with Crippen molar-refractivity contribution < 1.29 is 14.4 Å². The second kappa shape index (κ2) is 4.76. The molecule has 0 aromatic carbocycles. The zero-order valence-electron chi connectivity index (χ0n) is 9.41. The number of carbonyl (C=O) groups is 3. The van der Waals surface area contributed by atoms with Gasteiger partial charge in [0.05, 0.1) is 0 Å². The van der Waals surface area contributed by atoms with E-state index in [2.05, 4.69) is 0 Å². The molecular formula is C12H17NO3. The van der Waals surface area contributed by atoms with Gasteiger partial charge in [-0.05, 0) is 12.8 Å². The minimum Gasteiger partial charge on any atom is -0.342 e. The van der Waals surface area contributed by atoms with E-state index in [9.17, 15) is 14.4 Å². The summed E-state index contributed by atoms with van der Waals surface area (Å²) in [5, 5.41) is 0. The third-order valence-electron chi connectivity index (χ3n) is 3.53. The SMILES string of the molecule is O=C1CCC(C(=O)N2CCC(=O)CC2)CC1. The van der Waals surface area contributed by atoms with E-state index in [4.69, 9.17) is 0 Å². The van der Waals surface area contributed by atoms with Gasteiger partial charge in [-0.2, -0.15) is 0 Å². The molecule has 2 aliphatic rings. The van der Waals surface area contributed by atoms with Crippen LogP contribution in [0.5, 0.6) is 0 Å². The van der Waals surface area contributed by atoms with Gasteiger partial charge in [-0.15, -0.1) is 0 Å². The number of piperidine rings is 1. The predicted octanol–water partition coefficient (Wildman–Crippen LogP) is 0.937. The number of hydrogen-bond donors (Lipinski definition) is 0. The topological polar surface area (TPSA) is 54.5 Å². The predicted molar refractivity (Wildman–Crippen MR) is 57.8 cm³/mol. The zero-order valence-corrected chi connectivity index (χ0v) is 9.41. The molecule has 4 nitrogen and oxygen atoms in total. The summed E-state index contributed by atoms with van der Waals surface area (Å²) >= 11 is 0. The van der Waals surface area contributed by atoms with Crippen molar-refractivity contribution in [2.24, 2.45) is 5.92 Å². The van der Waals surface area contributed by atoms with Gasteiger partial charge in [-0.1, -0.05) is 0 Å². The van der Waals surface area contributed by atoms with E-state index < -0.39 is 0 Å². The lowest BCUT2D eigenvalue weighted by Gasteiger charge is -2.31. The van der Waals surface area contributed by atoms with Crippen LogP contribution in [0.4, 0.5) is 0 Å². The molecule has 88 valence electrons. The molecule has 1 saturated heterocycles. The van der Waals surface area contributed by atoms with Gasteiger partial charge in [0.2, 0.25) is 5.91 Å². The summed E-state index contributed by atoms with van der Waals surface area (Å²) in [5.41, 5.74) is 0. The fourth-order valence-corrected chi connectivity index (χ4v) is 2.42. The second-order valence-corrected chi connectivity index (χ2v) is 4.68. The molecule has 1 aliphatic heterocycles. The van der Waals surface area contributed by atoms with Crippen molar-refractivity contribution in [3.05, 3.63) is 0 Å². The van der Waals surface area contributed by atoms with E-state index in [0.717, 1.165) is 0 Å². The van der Waals surface area contributed by atoms with Crippen molar-refractivity contribution in [1.82, 2.24) is 4.90 Å². The van der Waals surface area contributed by atoms with E-state index >= 15 is 0 Å². The highest BCUT2D eigenvalue weighted by Crippen LogP contribution is 2.24. The highest BCUT2D eigenvalue weighted by Gasteiger charge is 2.30. The third kappa shape index (κ3) is 2.49. The van der Waals surface area contributed by atoms with Crippen LogP contribution >= 0.6 is 0 Å². The van der Waals surface area contributed by atoms with Crippen molar-refractivity contribution in [2.75, 3.05) is 13.1 Å². The van der Waals surface area contributed by atoms with Gasteiger partial charge in [0, 0.05) is 44.7 Å². The van der Waals surface area contributed by atoms with E-state index in [1.807, 2.05) is 0 Å². The van der Waals surface area contributed by atoms with Crippen LogP contribution < -0.4 is 0 Å². The molecule has 2 rings (SSSR count). The Kier molecular flexibility index (Phi) is 3.36. The standard InChI is InChI=1S/C12H17NO3/c14-10-3-1-9(2-4-10)12(16)13-7-5-11(15)6-8-13/h9H,1-8H2. The molecule has 0 spiro atoms. The number of rotatable bonds is 1. The lowest BCUT2D eigenvalue weighted by molar-refractivity contribution is -0.139. The lowest BCUT2D eigenvalue weighted by Crippen LogP contribution is -2.42. The van der Waals surface area contributed by atoms with Crippen LogP contribution in [0.2, 0.25) is 0 Å². The van der Waals surface area contributed by atoms with E-state index in [1.165, 1.54) is 0 Å². The fourth-order valence-electron chi connectivity index (χ4n) is 2.42. The van der Waals surface area contributed by atoms with Gasteiger partial charge in [-0.3, -0.25) is 14.4 Å². The maximum absolute atomic E-state index is 12.1. The lowest BCUT2D eigenvalue weighted by atomic mass is 9.87. The van der Waals surface area contributed by atoms with Gasteiger partial charge in [0.25, 0.3) is 0 Å². The molecule has 0 atom stereocenters. The summed E-state index contributed by atoms with van der Waals surface area (Å²) in [6.45, 7) is 1.14. The highest BCUT2D eigenvalue weighted by atomic mass is 16.2. The number of likely N-dealkylation sites (tertiary alicyclic amines) is 1. The van der Waals surface area contributed by atoms with Crippen LogP contribution in [0.1, 0.15) is 38.5 Å². The largest absolute Gasteiger partial charge is 0.342 e. The molecule has 1 aliphatic carbocycles. The molecule has 0 bridgehead atoms. The minimum atomic E-state index is 0.0194. The molecule has 0 aromatic rings. The number of carbonyl (C=O) groups excluding carboxylic acids is 3. The zero-order chi connectivity index (χ0) is 11.5. The molecule has 0 unspecified atom stereocenters. The summed E-state index contributed by atoms with van der Waals surface area (Å²) in [6, 6.07) is 0. The van der Waals surface area contributed by atoms with Crippen LogP contribution in [-0.2, 0) is 14.4 Å². The quantitative estimate of drug-likeness (QED) is 0.664. The Labute approximate surface area is 95.0 Å². The van der Waals surface area contributed by atoms with Crippen LogP contribution in [0, 0.1) is 5.92 Å². The van der Waals surface area contributed by atoms with Gasteiger partial charge >= 0.3 is 0 Å². The Morgan fingerprint density at radius 3 is 2.00 bits per heavy atom. The van der Waals surface area contributed by atoms with Crippen molar-refractivity contribution in [2.45, 2.75) is 38.5 Å². The first-order valence-electron chi connectivity index (χ1n) is 5.99. The molecule has 0 N–H and O–H groups in total. The van der Waals surface area contributed by atoms with E-state index in [1.54, 1.807) is 4.90 Å². The monoisotopic (exact) mass is 223 g/mol. The molecule has 1 amide bonds. The fraction of sp³-hybridized carbons (Fsp3) is 0.750. The Bertz CT molecular complexity index is 274. The highest BCUT2D eigenvalue weighted by molar-refractivity contribution is 5.86. The number of ketones is 2. The maximum atomic E-state index is 12.1. The first-order valence-corrected chi connectivity index (χ1v) is 5.99. The number of hydrogen-bond acceptors (Lipinski definition) is 3. The normalized spacial score (nSPS) is 23.6. The molecule has 0 radical (unpaired) electrons. The molecule has 4 heteroatoms. The Morgan fingerprint density at radius 2 is 1.44 bits per heavy atom. The molecule has 2 fully saturated rings. The number of Topliss-reactive ketones (excluding diaryl/α,β-unsaturated/α-hetero) is 2. The van der Waals surface area contributed by atoms with E-state index in [-0.39, 0.29) is 23.4 Å². The van der Waals surface area contributed by atoms with Crippen molar-refractivity contribution >= 4 is 17.5 Å². The van der Waals surface area contributed by atoms with Crippen molar-refractivity contribution in [1.29, 1.82) is 0 Å². The van der Waals surface area contributed by atoms with Crippen molar-refractivity contribution in [3.63, 3.8) is 0 Å². The van der Waals surface area contributed by atoms with Gasteiger partial charge < -0.3 is 4.90 Å². The summed E-state index contributed by atoms with van der Waals surface area (Å²) in [5.74, 6) is 0.701. The molecule has 0 aromatic heterocycles. The second-order valence-electron chi connectivity index (χ2n) is 4.68. The summed E-state index contributed by atoms with van der Waals surface area (Å²) in [6.07, 6.45) is 3.48. The van der Waals surface area contributed by atoms with Gasteiger partial charge in [0.15, 0.2) is 0 Å². The van der Waals surface area contributed by atoms with E-state index in [0.29, 0.717) is 51.6 Å².